The third-order valence-corrected chi connectivity index (χ3v) is 3.24. The fourth-order valence-corrected chi connectivity index (χ4v) is 1.98. The Bertz CT molecular complexity index is 594. The molecule has 0 saturated carbocycles. The Kier molecular flexibility index (Phi) is 4.22. The normalized spacial score (nSPS) is 10.1. The summed E-state index contributed by atoms with van der Waals surface area (Å²) in [6, 6.07) is 12.9. The summed E-state index contributed by atoms with van der Waals surface area (Å²) in [5, 5.41) is 2.86. The Labute approximate surface area is 120 Å². The lowest BCUT2D eigenvalue weighted by Crippen LogP contribution is -2.12. The molecule has 2 aromatic rings. The summed E-state index contributed by atoms with van der Waals surface area (Å²) >= 11 is 3.34. The molecule has 0 bridgehead atoms. The van der Waals surface area contributed by atoms with Crippen LogP contribution in [0.25, 0.3) is 0 Å². The summed E-state index contributed by atoms with van der Waals surface area (Å²) in [6.45, 7) is 1.97. The van der Waals surface area contributed by atoms with E-state index in [2.05, 4.69) is 21.2 Å². The van der Waals surface area contributed by atoms with E-state index in [0.29, 0.717) is 17.0 Å². The number of nitrogens with one attached hydrogen (secondary N) is 1. The average molecular weight is 320 g/mol. The molecule has 1 N–H and O–H groups in total. The topological polar surface area (TPSA) is 38.3 Å². The molecule has 0 atom stereocenters. The molecule has 19 heavy (non-hydrogen) atoms. The highest BCUT2D eigenvalue weighted by atomic mass is 79.9. The van der Waals surface area contributed by atoms with Crippen molar-refractivity contribution in [2.75, 3.05) is 12.4 Å². The number of ether oxygens (including phenoxy) is 1. The van der Waals surface area contributed by atoms with Crippen LogP contribution >= 0.6 is 15.9 Å². The van der Waals surface area contributed by atoms with E-state index < -0.39 is 0 Å². The monoisotopic (exact) mass is 319 g/mol. The zero-order chi connectivity index (χ0) is 13.8. The maximum absolute atomic E-state index is 12.1. The van der Waals surface area contributed by atoms with Crippen molar-refractivity contribution in [2.45, 2.75) is 6.92 Å². The molecule has 2 rings (SSSR count). The fourth-order valence-electron chi connectivity index (χ4n) is 1.72. The van der Waals surface area contributed by atoms with Gasteiger partial charge >= 0.3 is 0 Å². The van der Waals surface area contributed by atoms with Crippen molar-refractivity contribution in [2.24, 2.45) is 0 Å². The molecule has 0 heterocycles. The Morgan fingerprint density at radius 2 is 1.84 bits per heavy atom. The van der Waals surface area contributed by atoms with E-state index in [9.17, 15) is 4.79 Å². The van der Waals surface area contributed by atoms with Crippen molar-refractivity contribution in [1.29, 1.82) is 0 Å². The minimum atomic E-state index is -0.156. The van der Waals surface area contributed by atoms with Crippen LogP contribution in [0.4, 0.5) is 5.69 Å². The van der Waals surface area contributed by atoms with Crippen molar-refractivity contribution in [3.05, 3.63) is 58.1 Å². The molecule has 4 heteroatoms. The van der Waals surface area contributed by atoms with E-state index in [1.54, 1.807) is 19.2 Å². The van der Waals surface area contributed by atoms with Crippen LogP contribution < -0.4 is 10.1 Å². The molecule has 1 amide bonds. The first-order chi connectivity index (χ1) is 9.10. The summed E-state index contributed by atoms with van der Waals surface area (Å²) in [4.78, 5) is 12.1. The number of methoxy groups -OCH3 is 1. The SMILES string of the molecule is COc1ccc(C)cc1NC(=O)c1ccc(Br)cc1. The molecule has 0 spiro atoms. The maximum atomic E-state index is 12.1. The number of hydrogen-bond acceptors (Lipinski definition) is 2. The first-order valence-corrected chi connectivity index (χ1v) is 6.61. The van der Waals surface area contributed by atoms with E-state index in [-0.39, 0.29) is 5.91 Å². The van der Waals surface area contributed by atoms with Gasteiger partial charge in [-0.3, -0.25) is 4.79 Å². The summed E-state index contributed by atoms with van der Waals surface area (Å²) < 4.78 is 6.18. The Morgan fingerprint density at radius 3 is 2.47 bits per heavy atom. The summed E-state index contributed by atoms with van der Waals surface area (Å²) in [6.07, 6.45) is 0. The number of carbonyl (C=O) groups is 1. The van der Waals surface area contributed by atoms with E-state index in [4.69, 9.17) is 4.74 Å². The Hall–Kier alpha value is -1.81. The smallest absolute Gasteiger partial charge is 0.255 e. The van der Waals surface area contributed by atoms with Gasteiger partial charge in [0, 0.05) is 10.0 Å². The second-order valence-electron chi connectivity index (χ2n) is 4.16. The highest BCUT2D eigenvalue weighted by molar-refractivity contribution is 9.10. The standard InChI is InChI=1S/C15H14BrNO2/c1-10-3-8-14(19-2)13(9-10)17-15(18)11-4-6-12(16)7-5-11/h3-9H,1-2H3,(H,17,18). The molecular formula is C15H14BrNO2. The molecular weight excluding hydrogens is 306 g/mol. The molecule has 3 nitrogen and oxygen atoms in total. The number of hydrogen-bond donors (Lipinski definition) is 1. The third kappa shape index (κ3) is 3.35. The minimum absolute atomic E-state index is 0.156. The van der Waals surface area contributed by atoms with Gasteiger partial charge in [-0.2, -0.15) is 0 Å². The number of aryl methyl sites for hydroxylation is 1. The van der Waals surface area contributed by atoms with Crippen LogP contribution in [0.2, 0.25) is 0 Å². The number of halogens is 1. The van der Waals surface area contributed by atoms with Crippen molar-refractivity contribution in [3.8, 4) is 5.75 Å². The predicted octanol–water partition coefficient (Wildman–Crippen LogP) is 4.02. The molecule has 0 radical (unpaired) electrons. The van der Waals surface area contributed by atoms with Gasteiger partial charge in [-0.25, -0.2) is 0 Å². The number of amides is 1. The van der Waals surface area contributed by atoms with Gasteiger partial charge in [0.25, 0.3) is 5.91 Å². The second-order valence-corrected chi connectivity index (χ2v) is 5.08. The molecule has 0 saturated heterocycles. The lowest BCUT2D eigenvalue weighted by atomic mass is 10.1. The zero-order valence-electron chi connectivity index (χ0n) is 10.7. The van der Waals surface area contributed by atoms with Crippen molar-refractivity contribution < 1.29 is 9.53 Å². The first-order valence-electron chi connectivity index (χ1n) is 5.81. The van der Waals surface area contributed by atoms with Gasteiger partial charge in [0.05, 0.1) is 12.8 Å². The van der Waals surface area contributed by atoms with E-state index >= 15 is 0 Å². The van der Waals surface area contributed by atoms with Crippen LogP contribution in [0.1, 0.15) is 15.9 Å². The molecule has 0 aromatic heterocycles. The molecule has 0 aliphatic heterocycles. The van der Waals surface area contributed by atoms with Gasteiger partial charge in [0.1, 0.15) is 5.75 Å². The average Bonchev–Trinajstić information content (AvgIpc) is 2.39. The number of rotatable bonds is 3. The van der Waals surface area contributed by atoms with Crippen LogP contribution in [0, 0.1) is 6.92 Å². The van der Waals surface area contributed by atoms with Crippen LogP contribution in [0.15, 0.2) is 46.9 Å². The maximum Gasteiger partial charge on any atom is 0.255 e. The Balaban J connectivity index is 2.23. The van der Waals surface area contributed by atoms with Crippen molar-refractivity contribution in [3.63, 3.8) is 0 Å². The van der Waals surface area contributed by atoms with Crippen molar-refractivity contribution in [1.82, 2.24) is 0 Å². The molecule has 0 aliphatic carbocycles. The van der Waals surface area contributed by atoms with Crippen LogP contribution in [-0.4, -0.2) is 13.0 Å². The van der Waals surface area contributed by atoms with Crippen LogP contribution in [0.5, 0.6) is 5.75 Å². The largest absolute Gasteiger partial charge is 0.495 e. The van der Waals surface area contributed by atoms with E-state index in [0.717, 1.165) is 10.0 Å². The lowest BCUT2D eigenvalue weighted by Gasteiger charge is -2.11. The molecule has 0 aliphatic rings. The van der Waals surface area contributed by atoms with Gasteiger partial charge in [-0.1, -0.05) is 22.0 Å². The van der Waals surface area contributed by atoms with Crippen LogP contribution in [-0.2, 0) is 0 Å². The van der Waals surface area contributed by atoms with E-state index in [1.807, 2.05) is 37.3 Å². The van der Waals surface area contributed by atoms with Gasteiger partial charge in [0.15, 0.2) is 0 Å². The second kappa shape index (κ2) is 5.89. The minimum Gasteiger partial charge on any atom is -0.495 e. The molecule has 0 unspecified atom stereocenters. The summed E-state index contributed by atoms with van der Waals surface area (Å²) in [5.41, 5.74) is 2.34. The molecule has 0 fully saturated rings. The summed E-state index contributed by atoms with van der Waals surface area (Å²) in [7, 11) is 1.58. The first kappa shape index (κ1) is 13.6. The third-order valence-electron chi connectivity index (χ3n) is 2.71. The van der Waals surface area contributed by atoms with Gasteiger partial charge < -0.3 is 10.1 Å². The van der Waals surface area contributed by atoms with Gasteiger partial charge in [0.2, 0.25) is 0 Å². The Morgan fingerprint density at radius 1 is 1.16 bits per heavy atom. The predicted molar refractivity (Wildman–Crippen MR) is 79.8 cm³/mol. The number of anilines is 1. The van der Waals surface area contributed by atoms with Crippen LogP contribution in [0.3, 0.4) is 0 Å². The highest BCUT2D eigenvalue weighted by Gasteiger charge is 2.09. The van der Waals surface area contributed by atoms with Crippen molar-refractivity contribution >= 4 is 27.5 Å². The van der Waals surface area contributed by atoms with Gasteiger partial charge in [-0.05, 0) is 48.9 Å². The highest BCUT2D eigenvalue weighted by Crippen LogP contribution is 2.25. The lowest BCUT2D eigenvalue weighted by molar-refractivity contribution is 0.102. The number of carbonyl (C=O) groups excluding carboxylic acids is 1. The van der Waals surface area contributed by atoms with E-state index in [1.165, 1.54) is 0 Å². The summed E-state index contributed by atoms with van der Waals surface area (Å²) in [5.74, 6) is 0.493. The number of benzene rings is 2. The quantitative estimate of drug-likeness (QED) is 0.928. The zero-order valence-corrected chi connectivity index (χ0v) is 12.3. The molecule has 98 valence electrons. The fraction of sp³-hybridized carbons (Fsp3) is 0.133. The van der Waals surface area contributed by atoms with Gasteiger partial charge in [-0.15, -0.1) is 0 Å². The molecule has 2 aromatic carbocycles.